The van der Waals surface area contributed by atoms with E-state index in [1.54, 1.807) is 0 Å². The molecule has 2 aromatic carbocycles. The average Bonchev–Trinajstić information content (AvgIpc) is 2.86. The van der Waals surface area contributed by atoms with Gasteiger partial charge in [-0.05, 0) is 35.4 Å². The second-order valence-corrected chi connectivity index (χ2v) is 4.98. The summed E-state index contributed by atoms with van der Waals surface area (Å²) in [6, 6.07) is 13.1. The molecule has 0 spiro atoms. The lowest BCUT2D eigenvalue weighted by molar-refractivity contribution is 0.173. The van der Waals surface area contributed by atoms with Crippen molar-refractivity contribution in [3.05, 3.63) is 58.1 Å². The smallest absolute Gasteiger partial charge is 0.231 e. The van der Waals surface area contributed by atoms with Crippen molar-refractivity contribution in [1.82, 2.24) is 0 Å². The quantitative estimate of drug-likeness (QED) is 0.925. The Hall–Kier alpha value is -1.52. The molecule has 0 saturated heterocycles. The number of halogens is 1. The Morgan fingerprint density at radius 3 is 2.39 bits per heavy atom. The number of aliphatic hydroxyl groups is 1. The SMILES string of the molecule is OC(c1ccc(Br)cc1)c1ccc2c(c1)OCO2. The summed E-state index contributed by atoms with van der Waals surface area (Å²) < 4.78 is 11.5. The van der Waals surface area contributed by atoms with E-state index in [0.29, 0.717) is 5.75 Å². The van der Waals surface area contributed by atoms with E-state index in [-0.39, 0.29) is 6.79 Å². The molecule has 0 saturated carbocycles. The minimum atomic E-state index is -0.660. The maximum atomic E-state index is 10.3. The molecule has 0 amide bonds. The zero-order chi connectivity index (χ0) is 12.5. The molecule has 1 N–H and O–H groups in total. The minimum Gasteiger partial charge on any atom is -0.454 e. The average molecular weight is 307 g/mol. The monoisotopic (exact) mass is 306 g/mol. The fraction of sp³-hybridized carbons (Fsp3) is 0.143. The Kier molecular flexibility index (Phi) is 2.97. The van der Waals surface area contributed by atoms with Crippen molar-refractivity contribution in [1.29, 1.82) is 0 Å². The third-order valence-corrected chi connectivity index (χ3v) is 3.43. The van der Waals surface area contributed by atoms with Crippen LogP contribution in [-0.2, 0) is 0 Å². The first-order valence-electron chi connectivity index (χ1n) is 5.57. The molecule has 0 bridgehead atoms. The van der Waals surface area contributed by atoms with E-state index >= 15 is 0 Å². The summed E-state index contributed by atoms with van der Waals surface area (Å²) in [5.41, 5.74) is 1.64. The number of fused-ring (bicyclic) bond motifs is 1. The zero-order valence-electron chi connectivity index (χ0n) is 9.47. The molecule has 1 aliphatic rings. The molecule has 1 unspecified atom stereocenters. The molecular formula is C14H11BrO3. The highest BCUT2D eigenvalue weighted by molar-refractivity contribution is 9.10. The molecule has 92 valence electrons. The van der Waals surface area contributed by atoms with Gasteiger partial charge in [0.1, 0.15) is 6.10 Å². The van der Waals surface area contributed by atoms with Gasteiger partial charge in [-0.3, -0.25) is 0 Å². The summed E-state index contributed by atoms with van der Waals surface area (Å²) in [5.74, 6) is 1.41. The number of ether oxygens (including phenoxy) is 2. The maximum Gasteiger partial charge on any atom is 0.231 e. The van der Waals surface area contributed by atoms with Crippen LogP contribution in [0.25, 0.3) is 0 Å². The Morgan fingerprint density at radius 2 is 1.61 bits per heavy atom. The topological polar surface area (TPSA) is 38.7 Å². The van der Waals surface area contributed by atoms with E-state index in [1.165, 1.54) is 0 Å². The fourth-order valence-corrected chi connectivity index (χ4v) is 2.19. The van der Waals surface area contributed by atoms with Crippen LogP contribution in [0.1, 0.15) is 17.2 Å². The Bertz CT molecular complexity index is 566. The first-order valence-corrected chi connectivity index (χ1v) is 6.36. The van der Waals surface area contributed by atoms with Gasteiger partial charge in [-0.15, -0.1) is 0 Å². The van der Waals surface area contributed by atoms with Crippen molar-refractivity contribution in [2.75, 3.05) is 6.79 Å². The largest absolute Gasteiger partial charge is 0.454 e. The Balaban J connectivity index is 1.92. The van der Waals surface area contributed by atoms with Crippen LogP contribution in [0.2, 0.25) is 0 Å². The molecule has 1 atom stereocenters. The van der Waals surface area contributed by atoms with Gasteiger partial charge in [-0.25, -0.2) is 0 Å². The molecule has 0 radical (unpaired) electrons. The predicted molar refractivity (Wildman–Crippen MR) is 70.8 cm³/mol. The zero-order valence-corrected chi connectivity index (χ0v) is 11.1. The lowest BCUT2D eigenvalue weighted by Gasteiger charge is -2.12. The van der Waals surface area contributed by atoms with E-state index in [1.807, 2.05) is 42.5 Å². The fourth-order valence-electron chi connectivity index (χ4n) is 1.92. The van der Waals surface area contributed by atoms with Crippen LogP contribution in [-0.4, -0.2) is 11.9 Å². The normalized spacial score (nSPS) is 14.6. The first kappa shape index (κ1) is 11.6. The van der Waals surface area contributed by atoms with Crippen LogP contribution < -0.4 is 9.47 Å². The van der Waals surface area contributed by atoms with E-state index in [0.717, 1.165) is 21.3 Å². The summed E-state index contributed by atoms with van der Waals surface area (Å²) in [7, 11) is 0. The Labute approximate surface area is 113 Å². The van der Waals surface area contributed by atoms with Crippen molar-refractivity contribution in [2.24, 2.45) is 0 Å². The van der Waals surface area contributed by atoms with E-state index < -0.39 is 6.10 Å². The van der Waals surface area contributed by atoms with Crippen molar-refractivity contribution in [3.63, 3.8) is 0 Å². The van der Waals surface area contributed by atoms with Gasteiger partial charge in [-0.1, -0.05) is 34.1 Å². The standard InChI is InChI=1S/C14H11BrO3/c15-11-4-1-9(2-5-11)14(16)10-3-6-12-13(7-10)18-8-17-12/h1-7,14,16H,8H2. The highest BCUT2D eigenvalue weighted by Gasteiger charge is 2.17. The highest BCUT2D eigenvalue weighted by atomic mass is 79.9. The Morgan fingerprint density at radius 1 is 0.944 bits per heavy atom. The van der Waals surface area contributed by atoms with Crippen molar-refractivity contribution >= 4 is 15.9 Å². The van der Waals surface area contributed by atoms with Crippen molar-refractivity contribution in [2.45, 2.75) is 6.10 Å². The van der Waals surface area contributed by atoms with Crippen LogP contribution in [0.15, 0.2) is 46.9 Å². The van der Waals surface area contributed by atoms with Gasteiger partial charge in [0, 0.05) is 4.47 Å². The van der Waals surface area contributed by atoms with Gasteiger partial charge in [0.25, 0.3) is 0 Å². The van der Waals surface area contributed by atoms with Gasteiger partial charge >= 0.3 is 0 Å². The number of hydrogen-bond donors (Lipinski definition) is 1. The van der Waals surface area contributed by atoms with Crippen LogP contribution in [0.5, 0.6) is 11.5 Å². The van der Waals surface area contributed by atoms with Crippen LogP contribution in [0, 0.1) is 0 Å². The van der Waals surface area contributed by atoms with E-state index in [4.69, 9.17) is 9.47 Å². The van der Waals surface area contributed by atoms with Crippen LogP contribution in [0.3, 0.4) is 0 Å². The molecule has 1 heterocycles. The molecule has 2 aromatic rings. The lowest BCUT2D eigenvalue weighted by atomic mass is 10.0. The molecule has 18 heavy (non-hydrogen) atoms. The summed E-state index contributed by atoms with van der Waals surface area (Å²) in [6.07, 6.45) is -0.660. The van der Waals surface area contributed by atoms with Crippen LogP contribution in [0.4, 0.5) is 0 Å². The maximum absolute atomic E-state index is 10.3. The highest BCUT2D eigenvalue weighted by Crippen LogP contribution is 2.35. The number of aliphatic hydroxyl groups excluding tert-OH is 1. The second kappa shape index (κ2) is 4.63. The molecule has 4 heteroatoms. The first-order chi connectivity index (χ1) is 8.74. The van der Waals surface area contributed by atoms with E-state index in [9.17, 15) is 5.11 Å². The van der Waals surface area contributed by atoms with Crippen molar-refractivity contribution in [3.8, 4) is 11.5 Å². The van der Waals surface area contributed by atoms with Gasteiger partial charge < -0.3 is 14.6 Å². The third-order valence-electron chi connectivity index (χ3n) is 2.90. The lowest BCUT2D eigenvalue weighted by Crippen LogP contribution is -1.99. The second-order valence-electron chi connectivity index (χ2n) is 4.07. The number of rotatable bonds is 2. The molecule has 1 aliphatic heterocycles. The summed E-state index contributed by atoms with van der Waals surface area (Å²) in [6.45, 7) is 0.243. The third kappa shape index (κ3) is 2.09. The molecule has 0 aliphatic carbocycles. The molecule has 3 rings (SSSR count). The van der Waals surface area contributed by atoms with Gasteiger partial charge in [0.05, 0.1) is 0 Å². The number of hydrogen-bond acceptors (Lipinski definition) is 3. The van der Waals surface area contributed by atoms with Gasteiger partial charge in [0.2, 0.25) is 6.79 Å². The minimum absolute atomic E-state index is 0.243. The molecular weight excluding hydrogens is 296 g/mol. The molecule has 0 aromatic heterocycles. The van der Waals surface area contributed by atoms with Crippen molar-refractivity contribution < 1.29 is 14.6 Å². The summed E-state index contributed by atoms with van der Waals surface area (Å²) >= 11 is 3.37. The summed E-state index contributed by atoms with van der Waals surface area (Å²) in [5, 5.41) is 10.3. The predicted octanol–water partition coefficient (Wildman–Crippen LogP) is 3.26. The van der Waals surface area contributed by atoms with Gasteiger partial charge in [-0.2, -0.15) is 0 Å². The molecule has 3 nitrogen and oxygen atoms in total. The number of benzene rings is 2. The van der Waals surface area contributed by atoms with Crippen LogP contribution >= 0.6 is 15.9 Å². The van der Waals surface area contributed by atoms with E-state index in [2.05, 4.69) is 15.9 Å². The van der Waals surface area contributed by atoms with Gasteiger partial charge in [0.15, 0.2) is 11.5 Å². The summed E-state index contributed by atoms with van der Waals surface area (Å²) in [4.78, 5) is 0. The molecule has 0 fully saturated rings.